The van der Waals surface area contributed by atoms with Crippen molar-refractivity contribution in [3.05, 3.63) is 48.6 Å². The Labute approximate surface area is 167 Å². The maximum atomic E-state index is 13.1. The first-order chi connectivity index (χ1) is 13.8. The molecule has 8 heteroatoms. The summed E-state index contributed by atoms with van der Waals surface area (Å²) in [6, 6.07) is 3.67. The van der Waals surface area contributed by atoms with Crippen molar-refractivity contribution < 1.29 is 9.18 Å². The molecule has 3 aromatic rings. The van der Waals surface area contributed by atoms with Gasteiger partial charge in [0.1, 0.15) is 18.3 Å². The largest absolute Gasteiger partial charge is 0.310 e. The maximum absolute atomic E-state index is 13.1. The molecule has 0 spiro atoms. The Bertz CT molecular complexity index is 1200. The van der Waals surface area contributed by atoms with Crippen LogP contribution in [0.3, 0.4) is 0 Å². The van der Waals surface area contributed by atoms with E-state index in [9.17, 15) is 9.18 Å². The number of alkyl halides is 1. The molecular formula is C21H21FN6O. The predicted molar refractivity (Wildman–Crippen MR) is 111 cm³/mol. The molecule has 148 valence electrons. The zero-order valence-electron chi connectivity index (χ0n) is 16.5. The van der Waals surface area contributed by atoms with Crippen molar-refractivity contribution in [2.45, 2.75) is 33.4 Å². The molecule has 0 saturated heterocycles. The van der Waals surface area contributed by atoms with E-state index >= 15 is 0 Å². The van der Waals surface area contributed by atoms with Gasteiger partial charge in [-0.15, -0.1) is 0 Å². The molecule has 4 rings (SSSR count). The summed E-state index contributed by atoms with van der Waals surface area (Å²) >= 11 is 0. The van der Waals surface area contributed by atoms with Gasteiger partial charge in [-0.25, -0.2) is 18.9 Å². The van der Waals surface area contributed by atoms with Crippen LogP contribution in [0.2, 0.25) is 0 Å². The predicted octanol–water partition coefficient (Wildman–Crippen LogP) is 3.97. The molecule has 2 unspecified atom stereocenters. The van der Waals surface area contributed by atoms with Gasteiger partial charge in [-0.1, -0.05) is 6.58 Å². The van der Waals surface area contributed by atoms with E-state index in [1.807, 2.05) is 26.8 Å². The van der Waals surface area contributed by atoms with E-state index in [0.717, 1.165) is 33.3 Å². The number of nitrogens with one attached hydrogen (secondary N) is 1. The number of halogens is 1. The number of hydrogen-bond donors (Lipinski definition) is 1. The van der Waals surface area contributed by atoms with Gasteiger partial charge in [-0.2, -0.15) is 5.10 Å². The second-order valence-electron chi connectivity index (χ2n) is 7.43. The molecule has 0 radical (unpaired) electrons. The molecule has 2 atom stereocenters. The number of aromatic nitrogens is 4. The van der Waals surface area contributed by atoms with Crippen molar-refractivity contribution in [2.75, 3.05) is 5.32 Å². The van der Waals surface area contributed by atoms with Gasteiger partial charge < -0.3 is 5.32 Å². The molecule has 0 aliphatic heterocycles. The lowest BCUT2D eigenvalue weighted by Gasteiger charge is -2.11. The van der Waals surface area contributed by atoms with Gasteiger partial charge in [-0.05, 0) is 38.8 Å². The smallest absolute Gasteiger partial charge is 0.231 e. The zero-order chi connectivity index (χ0) is 20.7. The molecular weight excluding hydrogens is 371 g/mol. The number of carbonyl (C=O) groups is 1. The Hall–Kier alpha value is -3.42. The van der Waals surface area contributed by atoms with Crippen molar-refractivity contribution in [3.8, 4) is 0 Å². The molecule has 3 heterocycles. The first-order valence-corrected chi connectivity index (χ1v) is 9.30. The Morgan fingerprint density at radius 3 is 2.76 bits per heavy atom. The summed E-state index contributed by atoms with van der Waals surface area (Å²) in [6.07, 6.45) is 4.12. The molecule has 1 N–H and O–H groups in total. The van der Waals surface area contributed by atoms with Gasteiger partial charge in [0.2, 0.25) is 5.91 Å². The zero-order valence-corrected chi connectivity index (χ0v) is 16.5. The second kappa shape index (κ2) is 7.20. The van der Waals surface area contributed by atoms with Gasteiger partial charge in [0.15, 0.2) is 5.65 Å². The van der Waals surface area contributed by atoms with Gasteiger partial charge >= 0.3 is 0 Å². The first-order valence-electron chi connectivity index (χ1n) is 9.30. The number of allylic oxidation sites excluding steroid dienone is 2. The van der Waals surface area contributed by atoms with Gasteiger partial charge in [0, 0.05) is 40.7 Å². The Kier molecular flexibility index (Phi) is 4.70. The summed E-state index contributed by atoms with van der Waals surface area (Å²) in [5.74, 6) is -0.573. The fourth-order valence-corrected chi connectivity index (χ4v) is 3.10. The van der Waals surface area contributed by atoms with Crippen molar-refractivity contribution in [1.82, 2.24) is 19.6 Å². The lowest BCUT2D eigenvalue weighted by molar-refractivity contribution is -0.117. The van der Waals surface area contributed by atoms with Crippen LogP contribution in [0.4, 0.5) is 10.2 Å². The third-order valence-corrected chi connectivity index (χ3v) is 4.73. The molecule has 3 aromatic heterocycles. The Balaban J connectivity index is 1.82. The van der Waals surface area contributed by atoms with E-state index in [2.05, 4.69) is 32.0 Å². The van der Waals surface area contributed by atoms with Crippen LogP contribution in [-0.4, -0.2) is 37.4 Å². The molecule has 1 aliphatic rings. The fourth-order valence-electron chi connectivity index (χ4n) is 3.10. The molecule has 0 aromatic carbocycles. The Morgan fingerprint density at radius 1 is 1.34 bits per heavy atom. The molecule has 29 heavy (non-hydrogen) atoms. The molecule has 1 saturated carbocycles. The second-order valence-corrected chi connectivity index (χ2v) is 7.43. The SMILES string of the molecule is C=C(C)/C(=C\N=C(C)C)c1cc2cnc(NC(=O)C3CC3F)cc2n2ncnc12. The number of carbonyl (C=O) groups excluding carboxylic acids is 1. The van der Waals surface area contributed by atoms with E-state index in [-0.39, 0.29) is 12.3 Å². The number of hydrogen-bond acceptors (Lipinski definition) is 5. The minimum atomic E-state index is -1.05. The third-order valence-electron chi connectivity index (χ3n) is 4.73. The minimum Gasteiger partial charge on any atom is -0.310 e. The lowest BCUT2D eigenvalue weighted by Crippen LogP contribution is -2.16. The number of anilines is 1. The van der Waals surface area contributed by atoms with Gasteiger partial charge in [0.05, 0.1) is 11.4 Å². The first kappa shape index (κ1) is 18.9. The van der Waals surface area contributed by atoms with Crippen LogP contribution in [0.15, 0.2) is 48.0 Å². The van der Waals surface area contributed by atoms with E-state index < -0.39 is 12.1 Å². The summed E-state index contributed by atoms with van der Waals surface area (Å²) < 4.78 is 14.8. The molecule has 1 aliphatic carbocycles. The Morgan fingerprint density at radius 2 is 2.10 bits per heavy atom. The summed E-state index contributed by atoms with van der Waals surface area (Å²) in [4.78, 5) is 25.1. The van der Waals surface area contributed by atoms with Crippen LogP contribution in [0.1, 0.15) is 32.8 Å². The summed E-state index contributed by atoms with van der Waals surface area (Å²) in [5, 5.41) is 7.83. The number of nitrogens with zero attached hydrogens (tertiary/aromatic N) is 5. The third kappa shape index (κ3) is 3.65. The monoisotopic (exact) mass is 392 g/mol. The van der Waals surface area contributed by atoms with Crippen LogP contribution >= 0.6 is 0 Å². The lowest BCUT2D eigenvalue weighted by atomic mass is 10.0. The topological polar surface area (TPSA) is 84.5 Å². The highest BCUT2D eigenvalue weighted by Crippen LogP contribution is 2.35. The van der Waals surface area contributed by atoms with Crippen molar-refractivity contribution in [1.29, 1.82) is 0 Å². The van der Waals surface area contributed by atoms with E-state index in [1.54, 1.807) is 23.0 Å². The quantitative estimate of drug-likeness (QED) is 0.526. The van der Waals surface area contributed by atoms with E-state index in [4.69, 9.17) is 0 Å². The van der Waals surface area contributed by atoms with Crippen LogP contribution < -0.4 is 5.32 Å². The number of fused-ring (bicyclic) bond motifs is 3. The highest BCUT2D eigenvalue weighted by molar-refractivity contribution is 5.97. The van der Waals surface area contributed by atoms with Gasteiger partial charge in [-0.3, -0.25) is 9.79 Å². The standard InChI is InChI=1S/C21H21FN6O/c1-11(2)16(9-23-12(3)4)14-5-13-8-24-19(27-21(29)15-6-17(15)22)7-18(13)28-20(14)25-10-26-28/h5,7-10,15,17H,1,6H2,2-4H3,(H,24,27,29)/b16-9+. The van der Waals surface area contributed by atoms with Crippen LogP contribution in [0, 0.1) is 5.92 Å². The summed E-state index contributed by atoms with van der Waals surface area (Å²) in [5.41, 5.74) is 4.84. The summed E-state index contributed by atoms with van der Waals surface area (Å²) in [6.45, 7) is 9.83. The van der Waals surface area contributed by atoms with Gasteiger partial charge in [0.25, 0.3) is 0 Å². The normalized spacial score (nSPS) is 18.7. The van der Waals surface area contributed by atoms with Crippen LogP contribution in [-0.2, 0) is 4.79 Å². The molecule has 7 nitrogen and oxygen atoms in total. The highest BCUT2D eigenvalue weighted by Gasteiger charge is 2.43. The minimum absolute atomic E-state index is 0.270. The summed E-state index contributed by atoms with van der Waals surface area (Å²) in [7, 11) is 0. The number of amides is 1. The average molecular weight is 392 g/mol. The fraction of sp³-hybridized carbons (Fsp3) is 0.286. The van der Waals surface area contributed by atoms with E-state index in [0.29, 0.717) is 11.5 Å². The molecule has 1 amide bonds. The molecule has 1 fully saturated rings. The average Bonchev–Trinajstić information content (AvgIpc) is 3.20. The van der Waals surface area contributed by atoms with Crippen molar-refractivity contribution in [3.63, 3.8) is 0 Å². The van der Waals surface area contributed by atoms with Crippen molar-refractivity contribution in [2.24, 2.45) is 10.9 Å². The maximum Gasteiger partial charge on any atom is 0.231 e. The number of aliphatic imine (C=N–C) groups is 1. The van der Waals surface area contributed by atoms with E-state index in [1.165, 1.54) is 6.33 Å². The van der Waals surface area contributed by atoms with Crippen LogP contribution in [0.5, 0.6) is 0 Å². The van der Waals surface area contributed by atoms with Crippen molar-refractivity contribution >= 4 is 39.6 Å². The number of pyridine rings is 2. The highest BCUT2D eigenvalue weighted by atomic mass is 19.1. The molecule has 0 bridgehead atoms. The number of rotatable bonds is 5. The van der Waals surface area contributed by atoms with Crippen LogP contribution in [0.25, 0.3) is 22.1 Å².